The highest BCUT2D eigenvalue weighted by molar-refractivity contribution is 14.1. The van der Waals surface area contributed by atoms with Gasteiger partial charge in [0.05, 0.1) is 12.7 Å². The number of amides is 1. The first-order chi connectivity index (χ1) is 10.1. The van der Waals surface area contributed by atoms with Crippen LogP contribution in [0.3, 0.4) is 0 Å². The molecule has 0 saturated carbocycles. The van der Waals surface area contributed by atoms with Crippen LogP contribution in [0.4, 0.5) is 0 Å². The van der Waals surface area contributed by atoms with Crippen LogP contribution in [-0.4, -0.2) is 19.6 Å². The fourth-order valence-electron chi connectivity index (χ4n) is 1.99. The van der Waals surface area contributed by atoms with Gasteiger partial charge in [-0.1, -0.05) is 18.2 Å². The summed E-state index contributed by atoms with van der Waals surface area (Å²) in [6.45, 7) is 0.567. The number of carbonyl (C=O) groups is 1. The van der Waals surface area contributed by atoms with Crippen molar-refractivity contribution in [3.8, 4) is 5.75 Å². The van der Waals surface area contributed by atoms with E-state index in [1.165, 1.54) is 0 Å². The number of nitrogens with one attached hydrogen (secondary N) is 1. The average Bonchev–Trinajstić information content (AvgIpc) is 2.50. The lowest BCUT2D eigenvalue weighted by Gasteiger charge is -2.10. The fraction of sp³-hybridized carbons (Fsp3) is 0.188. The van der Waals surface area contributed by atoms with Gasteiger partial charge < -0.3 is 10.1 Å². The van der Waals surface area contributed by atoms with Gasteiger partial charge in [0, 0.05) is 14.6 Å². The molecule has 0 aliphatic carbocycles. The number of carbonyl (C=O) groups excluding carboxylic acids is 1. The molecule has 21 heavy (non-hydrogen) atoms. The van der Waals surface area contributed by atoms with Crippen LogP contribution in [-0.2, 0) is 6.42 Å². The first-order valence-electron chi connectivity index (χ1n) is 6.47. The summed E-state index contributed by atoms with van der Waals surface area (Å²) < 4.78 is 7.14. The second-order valence-electron chi connectivity index (χ2n) is 4.44. The molecule has 110 valence electrons. The van der Waals surface area contributed by atoms with E-state index >= 15 is 0 Å². The summed E-state index contributed by atoms with van der Waals surface area (Å²) in [5.74, 6) is 0.775. The molecule has 2 rings (SSSR count). The normalized spacial score (nSPS) is 10.2. The van der Waals surface area contributed by atoms with Gasteiger partial charge in [-0.2, -0.15) is 0 Å². The Morgan fingerprint density at radius 3 is 2.81 bits per heavy atom. The van der Waals surface area contributed by atoms with E-state index < -0.39 is 0 Å². The van der Waals surface area contributed by atoms with Crippen molar-refractivity contribution in [1.29, 1.82) is 0 Å². The third-order valence-electron chi connectivity index (χ3n) is 3.05. The van der Waals surface area contributed by atoms with Crippen molar-refractivity contribution in [3.05, 3.63) is 61.6 Å². The minimum absolute atomic E-state index is 0.0738. The summed E-state index contributed by atoms with van der Waals surface area (Å²) in [4.78, 5) is 12.2. The van der Waals surface area contributed by atoms with E-state index in [0.717, 1.165) is 25.8 Å². The number of methoxy groups -OCH3 is 1. The number of rotatable bonds is 5. The minimum Gasteiger partial charge on any atom is -0.496 e. The molecule has 5 heteroatoms. The Bertz CT molecular complexity index is 646. The van der Waals surface area contributed by atoms with E-state index in [9.17, 15) is 4.79 Å². The van der Waals surface area contributed by atoms with E-state index in [4.69, 9.17) is 4.74 Å². The molecule has 0 aromatic heterocycles. The molecule has 1 N–H and O–H groups in total. The van der Waals surface area contributed by atoms with E-state index in [1.54, 1.807) is 7.11 Å². The smallest absolute Gasteiger partial charge is 0.252 e. The zero-order chi connectivity index (χ0) is 15.2. The zero-order valence-corrected chi connectivity index (χ0v) is 15.3. The van der Waals surface area contributed by atoms with Crippen LogP contribution in [0.5, 0.6) is 5.75 Å². The van der Waals surface area contributed by atoms with Gasteiger partial charge in [-0.15, -0.1) is 0 Å². The first-order valence-corrected chi connectivity index (χ1v) is 8.34. The van der Waals surface area contributed by atoms with Crippen molar-refractivity contribution >= 4 is 44.4 Å². The van der Waals surface area contributed by atoms with Gasteiger partial charge >= 0.3 is 0 Å². The molecule has 0 bridgehead atoms. The minimum atomic E-state index is -0.0738. The molecular formula is C16H15BrINO2. The van der Waals surface area contributed by atoms with Gasteiger partial charge in [0.25, 0.3) is 5.91 Å². The Kier molecular flexibility index (Phi) is 6.05. The third kappa shape index (κ3) is 4.44. The molecule has 1 amide bonds. The van der Waals surface area contributed by atoms with Crippen LogP contribution in [0.1, 0.15) is 15.9 Å². The largest absolute Gasteiger partial charge is 0.496 e. The first kappa shape index (κ1) is 16.3. The molecule has 0 saturated heterocycles. The van der Waals surface area contributed by atoms with Gasteiger partial charge in [0.1, 0.15) is 5.75 Å². The molecule has 0 aliphatic rings. The highest BCUT2D eigenvalue weighted by atomic mass is 127. The maximum atomic E-state index is 12.2. The van der Waals surface area contributed by atoms with Crippen LogP contribution in [0.25, 0.3) is 0 Å². The van der Waals surface area contributed by atoms with E-state index in [0.29, 0.717) is 12.1 Å². The van der Waals surface area contributed by atoms with Crippen LogP contribution in [0, 0.1) is 3.57 Å². The summed E-state index contributed by atoms with van der Waals surface area (Å²) in [5, 5.41) is 2.94. The Morgan fingerprint density at radius 1 is 1.29 bits per heavy atom. The van der Waals surface area contributed by atoms with Crippen molar-refractivity contribution < 1.29 is 9.53 Å². The summed E-state index contributed by atoms with van der Waals surface area (Å²) in [5.41, 5.74) is 1.74. The highest BCUT2D eigenvalue weighted by Gasteiger charge is 2.10. The molecular weight excluding hydrogens is 445 g/mol. The zero-order valence-electron chi connectivity index (χ0n) is 11.5. The van der Waals surface area contributed by atoms with E-state index in [-0.39, 0.29) is 5.91 Å². The number of hydrogen-bond acceptors (Lipinski definition) is 2. The molecule has 0 aliphatic heterocycles. The number of ether oxygens (including phenoxy) is 1. The number of halogens is 2. The number of hydrogen-bond donors (Lipinski definition) is 1. The van der Waals surface area contributed by atoms with E-state index in [2.05, 4.69) is 43.8 Å². The van der Waals surface area contributed by atoms with Gasteiger partial charge in [0.2, 0.25) is 0 Å². The standard InChI is InChI=1S/C16H15BrINO2/c1-21-15-5-3-2-4-11(15)8-9-19-16(20)13-10-12(18)6-7-14(13)17/h2-7,10H,8-9H2,1H3,(H,19,20). The van der Waals surface area contributed by atoms with Crippen molar-refractivity contribution in [2.75, 3.05) is 13.7 Å². The lowest BCUT2D eigenvalue weighted by molar-refractivity contribution is 0.0953. The molecule has 0 heterocycles. The molecule has 2 aromatic carbocycles. The van der Waals surface area contributed by atoms with Gasteiger partial charge in [0.15, 0.2) is 0 Å². The second kappa shape index (κ2) is 7.79. The number of benzene rings is 2. The van der Waals surface area contributed by atoms with Gasteiger partial charge in [-0.05, 0) is 74.8 Å². The predicted molar refractivity (Wildman–Crippen MR) is 95.9 cm³/mol. The second-order valence-corrected chi connectivity index (χ2v) is 6.54. The van der Waals surface area contributed by atoms with Crippen molar-refractivity contribution in [1.82, 2.24) is 5.32 Å². The average molecular weight is 460 g/mol. The summed E-state index contributed by atoms with van der Waals surface area (Å²) >= 11 is 5.60. The van der Waals surface area contributed by atoms with Crippen molar-refractivity contribution in [3.63, 3.8) is 0 Å². The SMILES string of the molecule is COc1ccccc1CCNC(=O)c1cc(I)ccc1Br. The number of para-hydroxylation sites is 1. The van der Waals surface area contributed by atoms with Crippen LogP contribution in [0.15, 0.2) is 46.9 Å². The Labute approximate surface area is 146 Å². The molecule has 0 spiro atoms. The highest BCUT2D eigenvalue weighted by Crippen LogP contribution is 2.20. The lowest BCUT2D eigenvalue weighted by atomic mass is 10.1. The summed E-state index contributed by atoms with van der Waals surface area (Å²) in [6, 6.07) is 13.5. The Morgan fingerprint density at radius 2 is 2.05 bits per heavy atom. The molecule has 0 radical (unpaired) electrons. The van der Waals surface area contributed by atoms with E-state index in [1.807, 2.05) is 42.5 Å². The van der Waals surface area contributed by atoms with Crippen LogP contribution >= 0.6 is 38.5 Å². The fourth-order valence-corrected chi connectivity index (χ4v) is 2.90. The maximum absolute atomic E-state index is 12.2. The molecule has 2 aromatic rings. The molecule has 0 fully saturated rings. The quantitative estimate of drug-likeness (QED) is 0.685. The Hall–Kier alpha value is -1.08. The monoisotopic (exact) mass is 459 g/mol. The molecule has 0 atom stereocenters. The lowest BCUT2D eigenvalue weighted by Crippen LogP contribution is -2.26. The predicted octanol–water partition coefficient (Wildman–Crippen LogP) is 4.03. The third-order valence-corrected chi connectivity index (χ3v) is 4.41. The van der Waals surface area contributed by atoms with Crippen molar-refractivity contribution in [2.45, 2.75) is 6.42 Å². The topological polar surface area (TPSA) is 38.3 Å². The maximum Gasteiger partial charge on any atom is 0.252 e. The summed E-state index contributed by atoms with van der Waals surface area (Å²) in [7, 11) is 1.65. The van der Waals surface area contributed by atoms with Crippen LogP contribution in [0.2, 0.25) is 0 Å². The molecule has 3 nitrogen and oxygen atoms in total. The Balaban J connectivity index is 1.97. The molecule has 0 unspecified atom stereocenters. The van der Waals surface area contributed by atoms with Crippen LogP contribution < -0.4 is 10.1 Å². The van der Waals surface area contributed by atoms with Gasteiger partial charge in [-0.3, -0.25) is 4.79 Å². The van der Waals surface area contributed by atoms with Gasteiger partial charge in [-0.25, -0.2) is 0 Å². The summed E-state index contributed by atoms with van der Waals surface area (Å²) in [6.07, 6.45) is 0.733. The van der Waals surface area contributed by atoms with Crippen molar-refractivity contribution in [2.24, 2.45) is 0 Å².